The number of rotatable bonds is 4. The van der Waals surface area contributed by atoms with Crippen LogP contribution in [-0.2, 0) is 9.53 Å². The van der Waals surface area contributed by atoms with Crippen LogP contribution in [0.25, 0.3) is 0 Å². The van der Waals surface area contributed by atoms with Gasteiger partial charge in [0.15, 0.2) is 5.78 Å². The third kappa shape index (κ3) is 3.36. The van der Waals surface area contributed by atoms with E-state index in [1.54, 1.807) is 13.8 Å². The number of alkyl carbamates (subject to hydrolysis) is 1. The van der Waals surface area contributed by atoms with Crippen molar-refractivity contribution in [2.75, 3.05) is 0 Å². The van der Waals surface area contributed by atoms with Crippen molar-refractivity contribution in [1.82, 2.24) is 5.32 Å². The fourth-order valence-corrected chi connectivity index (χ4v) is 1.36. The number of ketones is 1. The van der Waals surface area contributed by atoms with Gasteiger partial charge in [0.2, 0.25) is 0 Å². The van der Waals surface area contributed by atoms with E-state index >= 15 is 0 Å². The van der Waals surface area contributed by atoms with Crippen LogP contribution in [0.4, 0.5) is 4.79 Å². The first kappa shape index (κ1) is 11.0. The van der Waals surface area contributed by atoms with Gasteiger partial charge in [-0.2, -0.15) is 0 Å². The maximum Gasteiger partial charge on any atom is 0.407 e. The molecule has 1 N–H and O–H groups in total. The predicted octanol–water partition coefficient (Wildman–Crippen LogP) is 1.49. The van der Waals surface area contributed by atoms with Crippen LogP contribution in [0, 0.1) is 5.92 Å². The smallest absolute Gasteiger partial charge is 0.407 e. The number of hydrogen-bond acceptors (Lipinski definition) is 3. The monoisotopic (exact) mass is 199 g/mol. The van der Waals surface area contributed by atoms with Crippen LogP contribution in [0.2, 0.25) is 0 Å². The second-order valence-electron chi connectivity index (χ2n) is 4.02. The number of Topliss-reactive ketones (excluding diaryl/α,β-unsaturated/α-hetero) is 1. The summed E-state index contributed by atoms with van der Waals surface area (Å²) in [5.41, 5.74) is 0. The molecule has 1 unspecified atom stereocenters. The van der Waals surface area contributed by atoms with Gasteiger partial charge in [0.1, 0.15) is 0 Å². The first-order valence-corrected chi connectivity index (χ1v) is 4.98. The van der Waals surface area contributed by atoms with Crippen LogP contribution in [0.15, 0.2) is 0 Å². The summed E-state index contributed by atoms with van der Waals surface area (Å²) in [6, 6.07) is -0.346. The highest BCUT2D eigenvalue weighted by Gasteiger charge is 2.35. The summed E-state index contributed by atoms with van der Waals surface area (Å²) in [5, 5.41) is 2.60. The zero-order chi connectivity index (χ0) is 10.7. The fraction of sp³-hybridized carbons (Fsp3) is 0.800. The van der Waals surface area contributed by atoms with Crippen molar-refractivity contribution < 1.29 is 14.3 Å². The Hall–Kier alpha value is -1.06. The summed E-state index contributed by atoms with van der Waals surface area (Å²) in [5.74, 6) is 0.334. The van der Waals surface area contributed by atoms with E-state index in [0.717, 1.165) is 12.8 Å². The Morgan fingerprint density at radius 2 is 1.93 bits per heavy atom. The fourth-order valence-electron chi connectivity index (χ4n) is 1.36. The average Bonchev–Trinajstić information content (AvgIpc) is 2.80. The van der Waals surface area contributed by atoms with Crippen molar-refractivity contribution in [1.29, 1.82) is 0 Å². The molecule has 0 aromatic heterocycles. The largest absolute Gasteiger partial charge is 0.447 e. The molecule has 14 heavy (non-hydrogen) atoms. The van der Waals surface area contributed by atoms with Crippen LogP contribution < -0.4 is 5.32 Å². The molecule has 1 aliphatic carbocycles. The Morgan fingerprint density at radius 1 is 1.36 bits per heavy atom. The molecule has 4 nitrogen and oxygen atoms in total. The number of amides is 1. The highest BCUT2D eigenvalue weighted by atomic mass is 16.6. The Bertz CT molecular complexity index is 234. The summed E-state index contributed by atoms with van der Waals surface area (Å²) in [4.78, 5) is 22.4. The summed E-state index contributed by atoms with van der Waals surface area (Å²) in [7, 11) is 0. The maximum atomic E-state index is 11.2. The molecular formula is C10H17NO3. The van der Waals surface area contributed by atoms with Gasteiger partial charge in [-0.1, -0.05) is 0 Å². The van der Waals surface area contributed by atoms with Crippen molar-refractivity contribution in [3.63, 3.8) is 0 Å². The third-order valence-corrected chi connectivity index (χ3v) is 2.15. The second-order valence-corrected chi connectivity index (χ2v) is 4.02. The van der Waals surface area contributed by atoms with E-state index in [1.807, 2.05) is 0 Å². The topological polar surface area (TPSA) is 55.4 Å². The SMILES string of the molecule is CC(=O)C(NC(=O)OC(C)C)C1CC1. The van der Waals surface area contributed by atoms with E-state index < -0.39 is 6.09 Å². The highest BCUT2D eigenvalue weighted by molar-refractivity contribution is 5.86. The van der Waals surface area contributed by atoms with Gasteiger partial charge in [-0.25, -0.2) is 4.79 Å². The summed E-state index contributed by atoms with van der Waals surface area (Å²) in [6.45, 7) is 5.05. The van der Waals surface area contributed by atoms with Crippen molar-refractivity contribution >= 4 is 11.9 Å². The molecule has 1 atom stereocenters. The van der Waals surface area contributed by atoms with E-state index in [1.165, 1.54) is 6.92 Å². The number of nitrogens with one attached hydrogen (secondary N) is 1. The Balaban J connectivity index is 2.39. The van der Waals surface area contributed by atoms with Crippen molar-refractivity contribution in [3.05, 3.63) is 0 Å². The van der Waals surface area contributed by atoms with Crippen LogP contribution in [-0.4, -0.2) is 24.0 Å². The normalized spacial score (nSPS) is 17.7. The van der Waals surface area contributed by atoms with Gasteiger partial charge in [-0.05, 0) is 39.5 Å². The molecule has 1 fully saturated rings. The molecule has 1 rings (SSSR count). The van der Waals surface area contributed by atoms with Crippen LogP contribution >= 0.6 is 0 Å². The molecule has 0 spiro atoms. The van der Waals surface area contributed by atoms with Crippen LogP contribution in [0.1, 0.15) is 33.6 Å². The average molecular weight is 199 g/mol. The summed E-state index contributed by atoms with van der Waals surface area (Å²) >= 11 is 0. The van der Waals surface area contributed by atoms with Crippen LogP contribution in [0.5, 0.6) is 0 Å². The van der Waals surface area contributed by atoms with Gasteiger partial charge < -0.3 is 10.1 Å². The van der Waals surface area contributed by atoms with E-state index in [2.05, 4.69) is 5.32 Å². The lowest BCUT2D eigenvalue weighted by Gasteiger charge is -2.16. The summed E-state index contributed by atoms with van der Waals surface area (Å²) in [6.07, 6.45) is 1.40. The van der Waals surface area contributed by atoms with Crippen molar-refractivity contribution in [2.24, 2.45) is 5.92 Å². The molecule has 4 heteroatoms. The molecule has 0 heterocycles. The van der Waals surface area contributed by atoms with Gasteiger partial charge in [-0.3, -0.25) is 4.79 Å². The number of hydrogen-bond donors (Lipinski definition) is 1. The van der Waals surface area contributed by atoms with E-state index in [4.69, 9.17) is 4.74 Å². The van der Waals surface area contributed by atoms with Gasteiger partial charge in [0.25, 0.3) is 0 Å². The molecule has 0 aromatic carbocycles. The minimum Gasteiger partial charge on any atom is -0.447 e. The van der Waals surface area contributed by atoms with Crippen molar-refractivity contribution in [2.45, 2.75) is 45.8 Å². The quantitative estimate of drug-likeness (QED) is 0.746. The Labute approximate surface area is 84.0 Å². The first-order chi connectivity index (χ1) is 6.50. The van der Waals surface area contributed by atoms with Gasteiger partial charge in [0.05, 0.1) is 12.1 Å². The molecule has 1 saturated carbocycles. The predicted molar refractivity (Wildman–Crippen MR) is 51.9 cm³/mol. The molecule has 1 amide bonds. The molecule has 0 aliphatic heterocycles. The van der Waals surface area contributed by atoms with Gasteiger partial charge in [-0.15, -0.1) is 0 Å². The lowest BCUT2D eigenvalue weighted by atomic mass is 10.1. The standard InChI is InChI=1S/C10H17NO3/c1-6(2)14-10(13)11-9(7(3)12)8-4-5-8/h6,8-9H,4-5H2,1-3H3,(H,11,13). The molecule has 1 aliphatic rings. The van der Waals surface area contributed by atoms with E-state index in [-0.39, 0.29) is 17.9 Å². The lowest BCUT2D eigenvalue weighted by Crippen LogP contribution is -2.42. The number of carbonyl (C=O) groups is 2. The molecule has 0 radical (unpaired) electrons. The van der Waals surface area contributed by atoms with E-state index in [0.29, 0.717) is 5.92 Å². The summed E-state index contributed by atoms with van der Waals surface area (Å²) < 4.78 is 4.91. The zero-order valence-corrected chi connectivity index (χ0v) is 8.87. The zero-order valence-electron chi connectivity index (χ0n) is 8.87. The minimum atomic E-state index is -0.493. The van der Waals surface area contributed by atoms with Crippen molar-refractivity contribution in [3.8, 4) is 0 Å². The first-order valence-electron chi connectivity index (χ1n) is 4.98. The molecule has 0 bridgehead atoms. The second kappa shape index (κ2) is 4.44. The third-order valence-electron chi connectivity index (χ3n) is 2.15. The molecule has 0 aromatic rings. The van der Waals surface area contributed by atoms with Gasteiger partial charge in [0, 0.05) is 0 Å². The highest BCUT2D eigenvalue weighted by Crippen LogP contribution is 2.33. The Morgan fingerprint density at radius 3 is 2.29 bits per heavy atom. The van der Waals surface area contributed by atoms with E-state index in [9.17, 15) is 9.59 Å². The molecular weight excluding hydrogens is 182 g/mol. The maximum absolute atomic E-state index is 11.2. The number of ether oxygens (including phenoxy) is 1. The molecule has 0 saturated heterocycles. The van der Waals surface area contributed by atoms with Crippen LogP contribution in [0.3, 0.4) is 0 Å². The number of carbonyl (C=O) groups excluding carboxylic acids is 2. The lowest BCUT2D eigenvalue weighted by molar-refractivity contribution is -0.119. The Kier molecular flexibility index (Phi) is 3.49. The minimum absolute atomic E-state index is 0.00760. The molecule has 80 valence electrons. The van der Waals surface area contributed by atoms with Gasteiger partial charge >= 0.3 is 6.09 Å².